The Balaban J connectivity index is 0.00000156. The summed E-state index contributed by atoms with van der Waals surface area (Å²) in [6.07, 6.45) is 2.14. The summed E-state index contributed by atoms with van der Waals surface area (Å²) in [4.78, 5) is 3.47. The van der Waals surface area contributed by atoms with E-state index in [0.717, 1.165) is 17.9 Å². The van der Waals surface area contributed by atoms with Crippen molar-refractivity contribution in [1.82, 2.24) is 4.98 Å². The molecule has 2 heterocycles. The molecule has 0 saturated heterocycles. The van der Waals surface area contributed by atoms with E-state index in [-0.39, 0.29) is 12.4 Å². The number of nitrogens with zero attached hydrogens (tertiary/aromatic N) is 1. The number of hydrogen-bond acceptors (Lipinski definition) is 1. The number of halogens is 1. The van der Waals surface area contributed by atoms with Crippen LogP contribution in [-0.2, 0) is 13.6 Å². The molecule has 0 atom stereocenters. The lowest BCUT2D eigenvalue weighted by molar-refractivity contribution is -0.656. The number of aryl methyl sites for hydroxylation is 1. The zero-order chi connectivity index (χ0) is 14.9. The van der Waals surface area contributed by atoms with Crippen LogP contribution in [0, 0.1) is 0 Å². The lowest BCUT2D eigenvalue weighted by Gasteiger charge is -2.04. The second-order valence-corrected chi connectivity index (χ2v) is 5.61. The minimum Gasteiger partial charge on any atom is -1.00 e. The second-order valence-electron chi connectivity index (χ2n) is 5.61. The standard InChI is InChI=1S/C19H17N3.ClH/c1-22-13-18-16(15-9-5-6-10-17(15)21-18)11-19(22)20-12-14-7-3-2-4-8-14;/h2-11,13H,12H2,1H3,(H,20,21);1H. The van der Waals surface area contributed by atoms with Crippen LogP contribution in [0.4, 0.5) is 5.82 Å². The van der Waals surface area contributed by atoms with E-state index in [1.807, 2.05) is 6.07 Å². The first-order valence-corrected chi connectivity index (χ1v) is 7.49. The van der Waals surface area contributed by atoms with Crippen LogP contribution in [-0.4, -0.2) is 4.98 Å². The van der Waals surface area contributed by atoms with Crippen LogP contribution in [0.3, 0.4) is 0 Å². The molecule has 4 aromatic rings. The van der Waals surface area contributed by atoms with E-state index in [2.05, 4.69) is 82.7 Å². The molecule has 0 saturated carbocycles. The predicted molar refractivity (Wildman–Crippen MR) is 90.7 cm³/mol. The number of pyridine rings is 1. The van der Waals surface area contributed by atoms with Crippen molar-refractivity contribution in [1.29, 1.82) is 0 Å². The van der Waals surface area contributed by atoms with E-state index in [9.17, 15) is 0 Å². The van der Waals surface area contributed by atoms with Gasteiger partial charge in [0.25, 0.3) is 5.82 Å². The Kier molecular flexibility index (Phi) is 4.22. The van der Waals surface area contributed by atoms with E-state index in [1.54, 1.807) is 0 Å². The van der Waals surface area contributed by atoms with E-state index in [0.29, 0.717) is 0 Å². The summed E-state index contributed by atoms with van der Waals surface area (Å²) in [5, 5.41) is 6.04. The van der Waals surface area contributed by atoms with E-state index in [1.165, 1.54) is 21.9 Å². The molecule has 2 aromatic heterocycles. The largest absolute Gasteiger partial charge is 1.00 e. The van der Waals surface area contributed by atoms with Gasteiger partial charge in [0.05, 0.1) is 12.6 Å². The number of H-pyrrole nitrogens is 1. The summed E-state index contributed by atoms with van der Waals surface area (Å²) in [7, 11) is 2.07. The molecule has 2 N–H and O–H groups in total. The van der Waals surface area contributed by atoms with Crippen molar-refractivity contribution in [2.45, 2.75) is 6.54 Å². The minimum absolute atomic E-state index is 0. The number of anilines is 1. The number of benzene rings is 2. The summed E-state index contributed by atoms with van der Waals surface area (Å²) in [6.45, 7) is 0.822. The Morgan fingerprint density at radius 1 is 0.913 bits per heavy atom. The van der Waals surface area contributed by atoms with Crippen molar-refractivity contribution in [3.05, 3.63) is 72.4 Å². The molecule has 23 heavy (non-hydrogen) atoms. The van der Waals surface area contributed by atoms with Crippen LogP contribution in [0.2, 0.25) is 0 Å². The van der Waals surface area contributed by atoms with Gasteiger partial charge in [-0.05, 0) is 11.6 Å². The fraction of sp³-hybridized carbons (Fsp3) is 0.105. The van der Waals surface area contributed by atoms with Gasteiger partial charge in [0, 0.05) is 22.4 Å². The van der Waals surface area contributed by atoms with Gasteiger partial charge in [-0.15, -0.1) is 0 Å². The van der Waals surface area contributed by atoms with Gasteiger partial charge >= 0.3 is 0 Å². The number of rotatable bonds is 3. The number of aromatic amines is 1. The molecule has 2 aromatic carbocycles. The van der Waals surface area contributed by atoms with Crippen LogP contribution in [0.5, 0.6) is 0 Å². The third-order valence-electron chi connectivity index (χ3n) is 4.08. The highest BCUT2D eigenvalue weighted by molar-refractivity contribution is 6.07. The maximum Gasteiger partial charge on any atom is 0.275 e. The summed E-state index contributed by atoms with van der Waals surface area (Å²) in [6, 6.07) is 21.1. The maximum absolute atomic E-state index is 3.52. The van der Waals surface area contributed by atoms with E-state index in [4.69, 9.17) is 0 Å². The average Bonchev–Trinajstić information content (AvgIpc) is 2.91. The lowest BCUT2D eigenvalue weighted by atomic mass is 10.2. The van der Waals surface area contributed by atoms with Crippen molar-refractivity contribution in [3.8, 4) is 0 Å². The Morgan fingerprint density at radius 3 is 2.48 bits per heavy atom. The van der Waals surface area contributed by atoms with Crippen LogP contribution in [0.15, 0.2) is 66.9 Å². The van der Waals surface area contributed by atoms with Gasteiger partial charge in [0.15, 0.2) is 0 Å². The van der Waals surface area contributed by atoms with Crippen molar-refractivity contribution in [2.75, 3.05) is 5.32 Å². The molecule has 3 nitrogen and oxygen atoms in total. The van der Waals surface area contributed by atoms with Crippen LogP contribution in [0.1, 0.15) is 5.56 Å². The molecule has 0 radical (unpaired) electrons. The Hall–Kier alpha value is -2.52. The predicted octanol–water partition coefficient (Wildman–Crippen LogP) is 0.762. The highest BCUT2D eigenvalue weighted by Gasteiger charge is 2.11. The summed E-state index contributed by atoms with van der Waals surface area (Å²) < 4.78 is 2.13. The normalized spacial score (nSPS) is 10.7. The average molecular weight is 324 g/mol. The molecule has 4 heteroatoms. The van der Waals surface area contributed by atoms with Gasteiger partial charge in [0.1, 0.15) is 12.7 Å². The second kappa shape index (κ2) is 6.31. The first-order valence-electron chi connectivity index (χ1n) is 7.49. The highest BCUT2D eigenvalue weighted by Crippen LogP contribution is 2.25. The number of para-hydroxylation sites is 1. The van der Waals surface area contributed by atoms with E-state index >= 15 is 0 Å². The molecular formula is C19H18ClN3. The summed E-state index contributed by atoms with van der Waals surface area (Å²) in [5.74, 6) is 1.11. The molecule has 0 aliphatic heterocycles. The van der Waals surface area contributed by atoms with Crippen LogP contribution in [0.25, 0.3) is 21.8 Å². The zero-order valence-corrected chi connectivity index (χ0v) is 13.6. The molecule has 0 amide bonds. The van der Waals surface area contributed by atoms with Crippen LogP contribution < -0.4 is 22.3 Å². The van der Waals surface area contributed by atoms with E-state index < -0.39 is 0 Å². The number of nitrogens with one attached hydrogen (secondary N) is 2. The first kappa shape index (κ1) is 15.4. The summed E-state index contributed by atoms with van der Waals surface area (Å²) >= 11 is 0. The Labute approximate surface area is 141 Å². The number of hydrogen-bond donors (Lipinski definition) is 2. The quantitative estimate of drug-likeness (QED) is 0.536. The number of fused-ring (bicyclic) bond motifs is 3. The fourth-order valence-corrected chi connectivity index (χ4v) is 2.91. The lowest BCUT2D eigenvalue weighted by Crippen LogP contribution is -3.00. The zero-order valence-electron chi connectivity index (χ0n) is 12.9. The smallest absolute Gasteiger partial charge is 0.275 e. The van der Waals surface area contributed by atoms with Crippen LogP contribution >= 0.6 is 0 Å². The van der Waals surface area contributed by atoms with Crippen molar-refractivity contribution >= 4 is 27.6 Å². The van der Waals surface area contributed by atoms with Gasteiger partial charge < -0.3 is 17.4 Å². The molecule has 0 fully saturated rings. The molecule has 0 aliphatic rings. The Morgan fingerprint density at radius 2 is 1.65 bits per heavy atom. The Bertz CT molecular complexity index is 945. The number of aromatic nitrogens is 2. The third kappa shape index (κ3) is 2.88. The molecule has 116 valence electrons. The van der Waals surface area contributed by atoms with Gasteiger partial charge in [-0.3, -0.25) is 5.32 Å². The van der Waals surface area contributed by atoms with Gasteiger partial charge in [-0.2, -0.15) is 0 Å². The van der Waals surface area contributed by atoms with Crippen molar-refractivity contribution in [2.24, 2.45) is 7.05 Å². The van der Waals surface area contributed by atoms with Gasteiger partial charge in [-0.1, -0.05) is 48.5 Å². The molecule has 0 aliphatic carbocycles. The SMILES string of the molecule is C[n+]1cc2[nH]c3ccccc3c2cc1NCc1ccccc1.[Cl-]. The minimum atomic E-state index is 0. The van der Waals surface area contributed by atoms with Gasteiger partial charge in [0.2, 0.25) is 0 Å². The molecule has 0 unspecified atom stereocenters. The maximum atomic E-state index is 3.52. The topological polar surface area (TPSA) is 31.7 Å². The molecular weight excluding hydrogens is 306 g/mol. The highest BCUT2D eigenvalue weighted by atomic mass is 35.5. The summed E-state index contributed by atoms with van der Waals surface area (Å²) in [5.41, 5.74) is 3.62. The third-order valence-corrected chi connectivity index (χ3v) is 4.08. The monoisotopic (exact) mass is 323 g/mol. The molecule has 4 rings (SSSR count). The first-order chi connectivity index (χ1) is 10.8. The molecule has 0 bridgehead atoms. The van der Waals surface area contributed by atoms with Crippen molar-refractivity contribution in [3.63, 3.8) is 0 Å². The fourth-order valence-electron chi connectivity index (χ4n) is 2.91. The molecule has 0 spiro atoms. The van der Waals surface area contributed by atoms with Crippen molar-refractivity contribution < 1.29 is 17.0 Å². The van der Waals surface area contributed by atoms with Gasteiger partial charge in [-0.25, -0.2) is 4.57 Å².